The molecule has 118 valence electrons. The highest BCUT2D eigenvalue weighted by atomic mass is 16.5. The van der Waals surface area contributed by atoms with Gasteiger partial charge in [-0.1, -0.05) is 0 Å². The van der Waals surface area contributed by atoms with Gasteiger partial charge in [-0.2, -0.15) is 0 Å². The van der Waals surface area contributed by atoms with Crippen LogP contribution in [0.4, 0.5) is 0 Å². The van der Waals surface area contributed by atoms with Crippen LogP contribution in [-0.2, 0) is 0 Å². The zero-order valence-corrected chi connectivity index (χ0v) is 12.5. The molecule has 0 spiro atoms. The Morgan fingerprint density at radius 3 is 1.25 bits per heavy atom. The molecule has 3 rings (SSSR count). The van der Waals surface area contributed by atoms with Gasteiger partial charge in [-0.15, -0.1) is 0 Å². The molecule has 6 nitrogen and oxygen atoms in total. The first-order valence-electron chi connectivity index (χ1n) is 7.07. The van der Waals surface area contributed by atoms with E-state index in [9.17, 15) is 9.59 Å². The summed E-state index contributed by atoms with van der Waals surface area (Å²) >= 11 is 0. The normalized spacial score (nSPS) is 10.0. The Hall–Kier alpha value is -3.54. The van der Waals surface area contributed by atoms with Crippen molar-refractivity contribution in [1.82, 2.24) is 9.97 Å². The number of benzene rings is 1. The molecule has 0 amide bonds. The highest BCUT2D eigenvalue weighted by Crippen LogP contribution is 2.14. The number of ether oxygens (including phenoxy) is 2. The minimum atomic E-state index is -0.518. The number of pyridine rings is 2. The van der Waals surface area contributed by atoms with Crippen LogP contribution in [0.1, 0.15) is 20.7 Å². The predicted octanol–water partition coefficient (Wildman–Crippen LogP) is 2.92. The van der Waals surface area contributed by atoms with E-state index >= 15 is 0 Å². The maximum absolute atomic E-state index is 12.0. The molecule has 3 aromatic rings. The van der Waals surface area contributed by atoms with E-state index in [0.717, 1.165) is 0 Å². The van der Waals surface area contributed by atoms with Gasteiger partial charge >= 0.3 is 11.9 Å². The third kappa shape index (κ3) is 3.80. The standard InChI is InChI=1S/C18H12N2O4/c21-17(23-15-5-9-19-10-6-15)13-1-2-14(4-3-13)18(22)24-16-7-11-20-12-8-16/h1-12H. The van der Waals surface area contributed by atoms with Crippen molar-refractivity contribution in [2.75, 3.05) is 0 Å². The average Bonchev–Trinajstić information content (AvgIpc) is 2.63. The van der Waals surface area contributed by atoms with E-state index in [-0.39, 0.29) is 0 Å². The fourth-order valence-corrected chi connectivity index (χ4v) is 1.89. The summed E-state index contributed by atoms with van der Waals surface area (Å²) in [5.41, 5.74) is 0.652. The van der Waals surface area contributed by atoms with Crippen LogP contribution in [0.3, 0.4) is 0 Å². The van der Waals surface area contributed by atoms with Crippen LogP contribution in [0.15, 0.2) is 73.3 Å². The van der Waals surface area contributed by atoms with Gasteiger partial charge in [0, 0.05) is 24.8 Å². The molecule has 0 N–H and O–H groups in total. The highest BCUT2D eigenvalue weighted by Gasteiger charge is 2.12. The molecule has 0 atom stereocenters. The summed E-state index contributed by atoms with van der Waals surface area (Å²) < 4.78 is 10.4. The maximum Gasteiger partial charge on any atom is 0.343 e. The molecular formula is C18H12N2O4. The van der Waals surface area contributed by atoms with Crippen molar-refractivity contribution in [3.05, 3.63) is 84.4 Å². The average molecular weight is 320 g/mol. The fraction of sp³-hybridized carbons (Fsp3) is 0. The molecule has 0 bridgehead atoms. The van der Waals surface area contributed by atoms with Gasteiger partial charge < -0.3 is 9.47 Å². The molecule has 0 aliphatic carbocycles. The Morgan fingerprint density at radius 1 is 0.583 bits per heavy atom. The first-order valence-corrected chi connectivity index (χ1v) is 7.07. The number of hydrogen-bond acceptors (Lipinski definition) is 6. The van der Waals surface area contributed by atoms with Gasteiger partial charge in [0.2, 0.25) is 0 Å². The molecule has 0 saturated heterocycles. The molecule has 1 aromatic carbocycles. The van der Waals surface area contributed by atoms with E-state index in [1.165, 1.54) is 49.1 Å². The summed E-state index contributed by atoms with van der Waals surface area (Å²) in [5.74, 6) is -0.238. The second kappa shape index (κ2) is 7.15. The van der Waals surface area contributed by atoms with Gasteiger partial charge in [0.05, 0.1) is 11.1 Å². The van der Waals surface area contributed by atoms with Gasteiger partial charge in [0.25, 0.3) is 0 Å². The number of nitrogens with zero attached hydrogens (tertiary/aromatic N) is 2. The lowest BCUT2D eigenvalue weighted by Crippen LogP contribution is -2.11. The molecule has 2 heterocycles. The lowest BCUT2D eigenvalue weighted by molar-refractivity contribution is 0.0720. The van der Waals surface area contributed by atoms with Crippen molar-refractivity contribution in [2.45, 2.75) is 0 Å². The monoisotopic (exact) mass is 320 g/mol. The summed E-state index contributed by atoms with van der Waals surface area (Å²) in [6, 6.07) is 12.4. The summed E-state index contributed by atoms with van der Waals surface area (Å²) in [4.78, 5) is 31.7. The molecule has 24 heavy (non-hydrogen) atoms. The van der Waals surface area contributed by atoms with E-state index in [2.05, 4.69) is 9.97 Å². The van der Waals surface area contributed by atoms with E-state index < -0.39 is 11.9 Å². The SMILES string of the molecule is O=C(Oc1ccncc1)c1ccc(C(=O)Oc2ccncc2)cc1. The predicted molar refractivity (Wildman–Crippen MR) is 84.8 cm³/mol. The Morgan fingerprint density at radius 2 is 0.917 bits per heavy atom. The Labute approximate surface area is 137 Å². The molecule has 0 fully saturated rings. The van der Waals surface area contributed by atoms with Crippen molar-refractivity contribution in [1.29, 1.82) is 0 Å². The fourth-order valence-electron chi connectivity index (χ4n) is 1.89. The van der Waals surface area contributed by atoms with Crippen LogP contribution < -0.4 is 9.47 Å². The molecule has 0 aliphatic rings. The van der Waals surface area contributed by atoms with Crippen molar-refractivity contribution in [3.8, 4) is 11.5 Å². The minimum Gasteiger partial charge on any atom is -0.423 e. The van der Waals surface area contributed by atoms with Gasteiger partial charge in [-0.25, -0.2) is 9.59 Å². The first-order chi connectivity index (χ1) is 11.7. The van der Waals surface area contributed by atoms with E-state index in [1.54, 1.807) is 24.3 Å². The number of esters is 2. The molecule has 0 unspecified atom stereocenters. The quantitative estimate of drug-likeness (QED) is 0.688. The van der Waals surface area contributed by atoms with E-state index in [1.807, 2.05) is 0 Å². The Balaban J connectivity index is 1.66. The maximum atomic E-state index is 12.0. The zero-order valence-electron chi connectivity index (χ0n) is 12.5. The van der Waals surface area contributed by atoms with Gasteiger partial charge in [0.15, 0.2) is 0 Å². The van der Waals surface area contributed by atoms with Crippen LogP contribution in [-0.4, -0.2) is 21.9 Å². The number of hydrogen-bond donors (Lipinski definition) is 0. The summed E-state index contributed by atoms with van der Waals surface area (Å²) in [5, 5.41) is 0. The zero-order chi connectivity index (χ0) is 16.8. The topological polar surface area (TPSA) is 78.4 Å². The number of carbonyl (C=O) groups excluding carboxylic acids is 2. The molecule has 0 radical (unpaired) electrons. The van der Waals surface area contributed by atoms with Gasteiger partial charge in [0.1, 0.15) is 11.5 Å². The van der Waals surface area contributed by atoms with E-state index in [4.69, 9.17) is 9.47 Å². The van der Waals surface area contributed by atoms with Gasteiger partial charge in [-0.05, 0) is 48.5 Å². The third-order valence-electron chi connectivity index (χ3n) is 3.08. The summed E-state index contributed by atoms with van der Waals surface area (Å²) in [7, 11) is 0. The molecular weight excluding hydrogens is 308 g/mol. The van der Waals surface area contributed by atoms with Gasteiger partial charge in [-0.3, -0.25) is 9.97 Å². The molecule has 2 aromatic heterocycles. The molecule has 0 saturated carbocycles. The van der Waals surface area contributed by atoms with Crippen LogP contribution >= 0.6 is 0 Å². The largest absolute Gasteiger partial charge is 0.423 e. The number of aromatic nitrogens is 2. The highest BCUT2D eigenvalue weighted by molar-refractivity contribution is 5.94. The van der Waals surface area contributed by atoms with Crippen LogP contribution in [0, 0.1) is 0 Å². The number of carbonyl (C=O) groups is 2. The lowest BCUT2D eigenvalue weighted by Gasteiger charge is -2.06. The van der Waals surface area contributed by atoms with E-state index in [0.29, 0.717) is 22.6 Å². The van der Waals surface area contributed by atoms with Crippen molar-refractivity contribution in [3.63, 3.8) is 0 Å². The third-order valence-corrected chi connectivity index (χ3v) is 3.08. The van der Waals surface area contributed by atoms with Crippen molar-refractivity contribution in [2.24, 2.45) is 0 Å². The van der Waals surface area contributed by atoms with Crippen LogP contribution in [0.5, 0.6) is 11.5 Å². The Kier molecular flexibility index (Phi) is 4.57. The van der Waals surface area contributed by atoms with Crippen molar-refractivity contribution >= 4 is 11.9 Å². The molecule has 6 heteroatoms. The van der Waals surface area contributed by atoms with Crippen LogP contribution in [0.2, 0.25) is 0 Å². The second-order valence-electron chi connectivity index (χ2n) is 4.72. The summed E-state index contributed by atoms with van der Waals surface area (Å²) in [6.45, 7) is 0. The lowest BCUT2D eigenvalue weighted by atomic mass is 10.1. The number of rotatable bonds is 4. The Bertz CT molecular complexity index is 761. The summed E-state index contributed by atoms with van der Waals surface area (Å²) in [6.07, 6.45) is 6.11. The molecule has 0 aliphatic heterocycles. The van der Waals surface area contributed by atoms with Crippen molar-refractivity contribution < 1.29 is 19.1 Å². The van der Waals surface area contributed by atoms with Crippen LogP contribution in [0.25, 0.3) is 0 Å². The minimum absolute atomic E-state index is 0.326. The smallest absolute Gasteiger partial charge is 0.343 e. The first kappa shape index (κ1) is 15.4. The second-order valence-corrected chi connectivity index (χ2v) is 4.72.